The van der Waals surface area contributed by atoms with Gasteiger partial charge >= 0.3 is 0 Å². The number of rotatable bonds is 3. The molecule has 1 aliphatic rings. The Bertz CT molecular complexity index is 132. The second-order valence-corrected chi connectivity index (χ2v) is 2.64. The Kier molecular flexibility index (Phi) is 3.32. The van der Waals surface area contributed by atoms with Gasteiger partial charge in [-0.25, -0.2) is 0 Å². The Morgan fingerprint density at radius 2 is 2.55 bits per heavy atom. The zero-order valence-corrected chi connectivity index (χ0v) is 6.51. The van der Waals surface area contributed by atoms with E-state index in [2.05, 4.69) is 5.32 Å². The van der Waals surface area contributed by atoms with Gasteiger partial charge in [0.2, 0.25) is 5.91 Å². The molecule has 0 spiro atoms. The number of carbonyl (C=O) groups excluding carboxylic acids is 1. The van der Waals surface area contributed by atoms with Crippen LogP contribution < -0.4 is 11.1 Å². The fraction of sp³-hybridized carbons (Fsp3) is 0.857. The van der Waals surface area contributed by atoms with Crippen molar-refractivity contribution in [2.24, 2.45) is 5.73 Å². The number of ether oxygens (including phenoxy) is 1. The van der Waals surface area contributed by atoms with E-state index < -0.39 is 0 Å². The molecule has 64 valence electrons. The first-order valence-electron chi connectivity index (χ1n) is 3.91. The van der Waals surface area contributed by atoms with Crippen LogP contribution >= 0.6 is 0 Å². The zero-order chi connectivity index (χ0) is 8.10. The quantitative estimate of drug-likeness (QED) is 0.567. The van der Waals surface area contributed by atoms with Crippen molar-refractivity contribution in [1.29, 1.82) is 0 Å². The summed E-state index contributed by atoms with van der Waals surface area (Å²) in [4.78, 5) is 10.7. The predicted octanol–water partition coefficient (Wildman–Crippen LogP) is -0.760. The van der Waals surface area contributed by atoms with Gasteiger partial charge in [0.25, 0.3) is 0 Å². The first-order valence-corrected chi connectivity index (χ1v) is 3.91. The molecule has 0 aromatic carbocycles. The van der Waals surface area contributed by atoms with E-state index in [1.807, 2.05) is 0 Å². The average molecular weight is 158 g/mol. The summed E-state index contributed by atoms with van der Waals surface area (Å²) >= 11 is 0. The van der Waals surface area contributed by atoms with Crippen LogP contribution in [0, 0.1) is 0 Å². The summed E-state index contributed by atoms with van der Waals surface area (Å²) in [6, 6.07) is 0. The number of hydrogen-bond acceptors (Lipinski definition) is 3. The molecule has 11 heavy (non-hydrogen) atoms. The SMILES string of the molecule is NCC(=O)NCC1CCCO1. The van der Waals surface area contributed by atoms with Crippen LogP contribution in [0.4, 0.5) is 0 Å². The third kappa shape index (κ3) is 2.86. The Morgan fingerprint density at radius 3 is 3.09 bits per heavy atom. The van der Waals surface area contributed by atoms with E-state index >= 15 is 0 Å². The highest BCUT2D eigenvalue weighted by Gasteiger charge is 2.15. The van der Waals surface area contributed by atoms with Gasteiger partial charge in [-0.05, 0) is 12.8 Å². The molecule has 1 fully saturated rings. The second-order valence-electron chi connectivity index (χ2n) is 2.64. The van der Waals surface area contributed by atoms with Crippen LogP contribution in [-0.4, -0.2) is 31.7 Å². The van der Waals surface area contributed by atoms with Crippen LogP contribution in [-0.2, 0) is 9.53 Å². The Labute approximate surface area is 66.1 Å². The van der Waals surface area contributed by atoms with Crippen LogP contribution in [0.2, 0.25) is 0 Å². The summed E-state index contributed by atoms with van der Waals surface area (Å²) in [6.45, 7) is 1.49. The van der Waals surface area contributed by atoms with E-state index in [1.165, 1.54) is 0 Å². The zero-order valence-electron chi connectivity index (χ0n) is 6.51. The van der Waals surface area contributed by atoms with E-state index in [1.54, 1.807) is 0 Å². The minimum atomic E-state index is -0.111. The molecule has 1 amide bonds. The smallest absolute Gasteiger partial charge is 0.233 e. The lowest BCUT2D eigenvalue weighted by Crippen LogP contribution is -2.35. The van der Waals surface area contributed by atoms with Crippen molar-refractivity contribution < 1.29 is 9.53 Å². The Morgan fingerprint density at radius 1 is 1.73 bits per heavy atom. The van der Waals surface area contributed by atoms with Gasteiger partial charge in [0.05, 0.1) is 12.6 Å². The summed E-state index contributed by atoms with van der Waals surface area (Å²) in [5.74, 6) is -0.111. The predicted molar refractivity (Wildman–Crippen MR) is 41.0 cm³/mol. The molecule has 0 aromatic heterocycles. The first kappa shape index (κ1) is 8.49. The molecule has 0 radical (unpaired) electrons. The lowest BCUT2D eigenvalue weighted by molar-refractivity contribution is -0.120. The summed E-state index contributed by atoms with van der Waals surface area (Å²) in [5.41, 5.74) is 5.10. The van der Waals surface area contributed by atoms with E-state index in [-0.39, 0.29) is 18.6 Å². The highest BCUT2D eigenvalue weighted by Crippen LogP contribution is 2.10. The molecule has 1 heterocycles. The molecule has 1 aliphatic heterocycles. The highest BCUT2D eigenvalue weighted by atomic mass is 16.5. The summed E-state index contributed by atoms with van der Waals surface area (Å²) in [7, 11) is 0. The van der Waals surface area contributed by atoms with Crippen LogP contribution in [0.1, 0.15) is 12.8 Å². The van der Waals surface area contributed by atoms with E-state index in [0.717, 1.165) is 19.4 Å². The summed E-state index contributed by atoms with van der Waals surface area (Å²) in [6.07, 6.45) is 2.36. The third-order valence-corrected chi connectivity index (χ3v) is 1.74. The molecule has 0 aliphatic carbocycles. The maximum Gasteiger partial charge on any atom is 0.233 e. The molecular weight excluding hydrogens is 144 g/mol. The lowest BCUT2D eigenvalue weighted by atomic mass is 10.2. The van der Waals surface area contributed by atoms with Gasteiger partial charge in [-0.2, -0.15) is 0 Å². The number of amides is 1. The van der Waals surface area contributed by atoms with Crippen LogP contribution in [0.5, 0.6) is 0 Å². The van der Waals surface area contributed by atoms with Gasteiger partial charge in [-0.15, -0.1) is 0 Å². The molecule has 4 heteroatoms. The third-order valence-electron chi connectivity index (χ3n) is 1.74. The van der Waals surface area contributed by atoms with Gasteiger partial charge in [-0.3, -0.25) is 4.79 Å². The van der Waals surface area contributed by atoms with E-state index in [4.69, 9.17) is 10.5 Å². The molecule has 0 saturated carbocycles. The van der Waals surface area contributed by atoms with Gasteiger partial charge in [0, 0.05) is 13.2 Å². The minimum Gasteiger partial charge on any atom is -0.376 e. The van der Waals surface area contributed by atoms with Crippen molar-refractivity contribution in [2.45, 2.75) is 18.9 Å². The maximum atomic E-state index is 10.7. The molecule has 1 atom stereocenters. The van der Waals surface area contributed by atoms with Gasteiger partial charge in [-0.1, -0.05) is 0 Å². The fourth-order valence-corrected chi connectivity index (χ4v) is 1.11. The van der Waals surface area contributed by atoms with Crippen LogP contribution in [0.25, 0.3) is 0 Å². The van der Waals surface area contributed by atoms with E-state index in [0.29, 0.717) is 6.54 Å². The van der Waals surface area contributed by atoms with Crippen molar-refractivity contribution in [3.05, 3.63) is 0 Å². The average Bonchev–Trinajstić information content (AvgIpc) is 2.52. The molecule has 0 aromatic rings. The van der Waals surface area contributed by atoms with Gasteiger partial charge in [0.15, 0.2) is 0 Å². The minimum absolute atomic E-state index is 0.0622. The second kappa shape index (κ2) is 4.31. The molecule has 1 rings (SSSR count). The van der Waals surface area contributed by atoms with Gasteiger partial charge in [0.1, 0.15) is 0 Å². The van der Waals surface area contributed by atoms with Crippen molar-refractivity contribution in [2.75, 3.05) is 19.7 Å². The number of hydrogen-bond donors (Lipinski definition) is 2. The summed E-state index contributed by atoms with van der Waals surface area (Å²) < 4.78 is 5.29. The molecule has 0 bridgehead atoms. The topological polar surface area (TPSA) is 64.4 Å². The van der Waals surface area contributed by atoms with Crippen molar-refractivity contribution in [1.82, 2.24) is 5.32 Å². The van der Waals surface area contributed by atoms with Gasteiger partial charge < -0.3 is 15.8 Å². The highest BCUT2D eigenvalue weighted by molar-refractivity contribution is 5.77. The van der Waals surface area contributed by atoms with Crippen molar-refractivity contribution in [3.63, 3.8) is 0 Å². The number of nitrogens with two attached hydrogens (primary N) is 1. The van der Waals surface area contributed by atoms with Crippen molar-refractivity contribution in [3.8, 4) is 0 Å². The van der Waals surface area contributed by atoms with E-state index in [9.17, 15) is 4.79 Å². The normalized spacial score (nSPS) is 23.5. The van der Waals surface area contributed by atoms with Crippen LogP contribution in [0.3, 0.4) is 0 Å². The Balaban J connectivity index is 2.06. The molecule has 1 saturated heterocycles. The largest absolute Gasteiger partial charge is 0.376 e. The number of nitrogens with one attached hydrogen (secondary N) is 1. The van der Waals surface area contributed by atoms with Crippen molar-refractivity contribution >= 4 is 5.91 Å². The monoisotopic (exact) mass is 158 g/mol. The summed E-state index contributed by atoms with van der Waals surface area (Å²) in [5, 5.41) is 2.69. The van der Waals surface area contributed by atoms with Crippen LogP contribution in [0.15, 0.2) is 0 Å². The number of carbonyl (C=O) groups is 1. The molecule has 1 unspecified atom stereocenters. The first-order chi connectivity index (χ1) is 5.33. The maximum absolute atomic E-state index is 10.7. The molecule has 4 nitrogen and oxygen atoms in total. The lowest BCUT2D eigenvalue weighted by Gasteiger charge is -2.09. The molecule has 3 N–H and O–H groups in total. The standard InChI is InChI=1S/C7H14N2O2/c8-4-7(10)9-5-6-2-1-3-11-6/h6H,1-5,8H2,(H,9,10). The fourth-order valence-electron chi connectivity index (χ4n) is 1.11. The molecular formula is C7H14N2O2. The Hall–Kier alpha value is -0.610.